The summed E-state index contributed by atoms with van der Waals surface area (Å²) in [6.07, 6.45) is 7.44. The first-order chi connectivity index (χ1) is 11.2. The molecule has 3 fully saturated rings. The molecule has 3 saturated carbocycles. The molecule has 7 heteroatoms. The van der Waals surface area contributed by atoms with Gasteiger partial charge in [0.25, 0.3) is 5.91 Å². The summed E-state index contributed by atoms with van der Waals surface area (Å²) in [4.78, 5) is 28.5. The molecule has 0 spiro atoms. The molecule has 4 atom stereocenters. The summed E-state index contributed by atoms with van der Waals surface area (Å²) in [5.74, 6) is 3.67. The fourth-order valence-electron chi connectivity index (χ4n) is 4.70. The third kappa shape index (κ3) is 2.21. The van der Waals surface area contributed by atoms with Gasteiger partial charge < -0.3 is 9.88 Å². The number of nitrogens with zero attached hydrogens (tertiary/aromatic N) is 2. The second kappa shape index (κ2) is 4.72. The van der Waals surface area contributed by atoms with Crippen molar-refractivity contribution >= 4 is 11.9 Å². The maximum Gasteiger partial charge on any atom is 0.333 e. The summed E-state index contributed by atoms with van der Waals surface area (Å²) in [7, 11) is 0. The van der Waals surface area contributed by atoms with Gasteiger partial charge in [-0.1, -0.05) is 0 Å². The molecule has 1 aromatic heterocycles. The fourth-order valence-corrected chi connectivity index (χ4v) is 4.70. The Morgan fingerprint density at radius 1 is 1.09 bits per heavy atom. The van der Waals surface area contributed by atoms with Crippen molar-refractivity contribution in [3.8, 4) is 0 Å². The number of hydrogen-bond acceptors (Lipinski definition) is 3. The summed E-state index contributed by atoms with van der Waals surface area (Å²) in [5.41, 5.74) is 5.30. The number of aryl methyl sites for hydroxylation is 2. The van der Waals surface area contributed by atoms with E-state index in [2.05, 4.69) is 21.2 Å². The molecule has 0 saturated heterocycles. The number of nitrogens with one attached hydrogen (secondary N) is 3. The van der Waals surface area contributed by atoms with Crippen LogP contribution in [0.25, 0.3) is 0 Å². The standard InChI is InChI=1S/C16H21N5O2/c22-15(12-7-21-4-2-1-3-13(21)17-12)19-20-16(23)18-14-10-5-8(10)9-6-11(9)14/h7-11,14H,1-6H2,(H,19,22)(H2,18,20,23)/t8-,9-,10-,11-/m1/s1. The van der Waals surface area contributed by atoms with E-state index in [1.54, 1.807) is 6.20 Å². The molecular weight excluding hydrogens is 294 g/mol. The summed E-state index contributed by atoms with van der Waals surface area (Å²) >= 11 is 0. The third-order valence-electron chi connectivity index (χ3n) is 5.98. The van der Waals surface area contributed by atoms with Gasteiger partial charge in [-0.05, 0) is 49.4 Å². The molecule has 2 heterocycles. The van der Waals surface area contributed by atoms with Crippen molar-refractivity contribution in [1.29, 1.82) is 0 Å². The Kier molecular flexibility index (Phi) is 2.75. The quantitative estimate of drug-likeness (QED) is 0.706. The normalized spacial score (nSPS) is 35.6. The number of hydrazine groups is 1. The predicted octanol–water partition coefficient (Wildman–Crippen LogP) is 0.818. The molecule has 7 nitrogen and oxygen atoms in total. The van der Waals surface area contributed by atoms with Gasteiger partial charge in [0, 0.05) is 25.2 Å². The Morgan fingerprint density at radius 3 is 2.61 bits per heavy atom. The minimum atomic E-state index is -0.359. The molecule has 3 amide bonds. The maximum absolute atomic E-state index is 12.1. The van der Waals surface area contributed by atoms with E-state index >= 15 is 0 Å². The van der Waals surface area contributed by atoms with Gasteiger partial charge in [0.15, 0.2) is 0 Å². The second-order valence-corrected chi connectivity index (χ2v) is 7.40. The molecule has 4 aliphatic rings. The highest BCUT2D eigenvalue weighted by Crippen LogP contribution is 2.69. The van der Waals surface area contributed by atoms with E-state index in [-0.39, 0.29) is 11.9 Å². The van der Waals surface area contributed by atoms with Crippen LogP contribution in [0, 0.1) is 23.7 Å². The lowest BCUT2D eigenvalue weighted by Gasteiger charge is -2.16. The first kappa shape index (κ1) is 13.4. The van der Waals surface area contributed by atoms with Crippen molar-refractivity contribution in [2.45, 2.75) is 44.7 Å². The number of carbonyl (C=O) groups is 2. The number of urea groups is 1. The number of carbonyl (C=O) groups excluding carboxylic acids is 2. The lowest BCUT2D eigenvalue weighted by Crippen LogP contribution is -2.50. The van der Waals surface area contributed by atoms with Crippen LogP contribution in [0.1, 0.15) is 42.0 Å². The molecule has 0 aromatic carbocycles. The van der Waals surface area contributed by atoms with E-state index in [1.807, 2.05) is 4.57 Å². The van der Waals surface area contributed by atoms with Gasteiger partial charge in [-0.15, -0.1) is 0 Å². The lowest BCUT2D eigenvalue weighted by molar-refractivity contribution is 0.0931. The Labute approximate surface area is 134 Å². The molecule has 3 aliphatic carbocycles. The van der Waals surface area contributed by atoms with Crippen molar-refractivity contribution in [3.63, 3.8) is 0 Å². The van der Waals surface area contributed by atoms with Gasteiger partial charge in [0.1, 0.15) is 11.5 Å². The molecule has 0 radical (unpaired) electrons. The first-order valence-electron chi connectivity index (χ1n) is 8.63. The summed E-state index contributed by atoms with van der Waals surface area (Å²) in [6.45, 7) is 0.913. The molecule has 1 aliphatic heterocycles. The monoisotopic (exact) mass is 315 g/mol. The van der Waals surface area contributed by atoms with E-state index in [4.69, 9.17) is 0 Å². The minimum Gasteiger partial charge on any atom is -0.334 e. The molecule has 3 N–H and O–H groups in total. The molecule has 23 heavy (non-hydrogen) atoms. The Hall–Kier alpha value is -2.05. The van der Waals surface area contributed by atoms with Crippen LogP contribution in [0.15, 0.2) is 6.20 Å². The zero-order valence-corrected chi connectivity index (χ0v) is 12.9. The Morgan fingerprint density at radius 2 is 1.87 bits per heavy atom. The van der Waals surface area contributed by atoms with Crippen LogP contribution in [-0.4, -0.2) is 27.5 Å². The third-order valence-corrected chi connectivity index (χ3v) is 5.98. The summed E-state index contributed by atoms with van der Waals surface area (Å²) < 4.78 is 2.03. The van der Waals surface area contributed by atoms with Crippen LogP contribution in [0.2, 0.25) is 0 Å². The molecule has 0 bridgehead atoms. The molecule has 0 unspecified atom stereocenters. The zero-order chi connectivity index (χ0) is 15.6. The summed E-state index contributed by atoms with van der Waals surface area (Å²) in [6, 6.07) is -0.00709. The van der Waals surface area contributed by atoms with Gasteiger partial charge >= 0.3 is 6.03 Å². The molecule has 122 valence electrons. The highest BCUT2D eigenvalue weighted by Gasteiger charge is 2.67. The Bertz CT molecular complexity index is 645. The SMILES string of the molecule is O=C(NNC(=O)c1cn2c(n1)CCCC2)NC1[C@@H]2C[C@@H]2[C@H]2C[C@@H]12. The number of amides is 3. The topological polar surface area (TPSA) is 88.1 Å². The van der Waals surface area contributed by atoms with Crippen LogP contribution in [-0.2, 0) is 13.0 Å². The van der Waals surface area contributed by atoms with Crippen LogP contribution in [0.3, 0.4) is 0 Å². The van der Waals surface area contributed by atoms with Crippen LogP contribution < -0.4 is 16.2 Å². The van der Waals surface area contributed by atoms with Crippen LogP contribution >= 0.6 is 0 Å². The zero-order valence-electron chi connectivity index (χ0n) is 12.9. The highest BCUT2D eigenvalue weighted by atomic mass is 16.2. The van der Waals surface area contributed by atoms with E-state index in [0.717, 1.165) is 43.5 Å². The number of aromatic nitrogens is 2. The van der Waals surface area contributed by atoms with Crippen molar-refractivity contribution in [1.82, 2.24) is 25.7 Å². The van der Waals surface area contributed by atoms with Gasteiger partial charge in [-0.2, -0.15) is 0 Å². The van der Waals surface area contributed by atoms with Crippen molar-refractivity contribution in [2.24, 2.45) is 23.7 Å². The molecule has 1 aromatic rings. The average Bonchev–Trinajstić information content (AvgIpc) is 3.44. The van der Waals surface area contributed by atoms with Gasteiger partial charge in [0.05, 0.1) is 0 Å². The van der Waals surface area contributed by atoms with Crippen molar-refractivity contribution in [2.75, 3.05) is 0 Å². The van der Waals surface area contributed by atoms with Gasteiger partial charge in [-0.3, -0.25) is 10.2 Å². The average molecular weight is 315 g/mol. The van der Waals surface area contributed by atoms with Crippen LogP contribution in [0.4, 0.5) is 4.79 Å². The van der Waals surface area contributed by atoms with E-state index in [0.29, 0.717) is 23.6 Å². The number of imidazole rings is 1. The van der Waals surface area contributed by atoms with Crippen molar-refractivity contribution in [3.05, 3.63) is 17.7 Å². The van der Waals surface area contributed by atoms with E-state index in [1.165, 1.54) is 12.8 Å². The van der Waals surface area contributed by atoms with E-state index in [9.17, 15) is 9.59 Å². The number of rotatable bonds is 2. The van der Waals surface area contributed by atoms with Gasteiger partial charge in [-0.25, -0.2) is 15.2 Å². The largest absolute Gasteiger partial charge is 0.334 e. The minimum absolute atomic E-state index is 0.307. The molecular formula is C16H21N5O2. The fraction of sp³-hybridized carbons (Fsp3) is 0.688. The van der Waals surface area contributed by atoms with Crippen LogP contribution in [0.5, 0.6) is 0 Å². The number of hydrogen-bond donors (Lipinski definition) is 3. The highest BCUT2D eigenvalue weighted by molar-refractivity contribution is 5.93. The van der Waals surface area contributed by atoms with Crippen molar-refractivity contribution < 1.29 is 9.59 Å². The second-order valence-electron chi connectivity index (χ2n) is 7.40. The predicted molar refractivity (Wildman–Crippen MR) is 81.3 cm³/mol. The lowest BCUT2D eigenvalue weighted by atomic mass is 10.1. The molecule has 5 rings (SSSR count). The Balaban J connectivity index is 1.15. The first-order valence-corrected chi connectivity index (χ1v) is 8.63. The number of fused-ring (bicyclic) bond motifs is 4. The smallest absolute Gasteiger partial charge is 0.333 e. The summed E-state index contributed by atoms with van der Waals surface area (Å²) in [5, 5.41) is 3.03. The maximum atomic E-state index is 12.1. The van der Waals surface area contributed by atoms with E-state index < -0.39 is 0 Å². The van der Waals surface area contributed by atoms with Gasteiger partial charge in [0.2, 0.25) is 0 Å².